The molecule has 1 atom stereocenters. The van der Waals surface area contributed by atoms with Gasteiger partial charge in [0, 0.05) is 12.6 Å². The van der Waals surface area contributed by atoms with Crippen molar-refractivity contribution in [3.63, 3.8) is 0 Å². The molecule has 1 amide bonds. The summed E-state index contributed by atoms with van der Waals surface area (Å²) in [5.74, 6) is -0.0204. The summed E-state index contributed by atoms with van der Waals surface area (Å²) >= 11 is 0. The zero-order chi connectivity index (χ0) is 18.5. The highest BCUT2D eigenvalue weighted by Gasteiger charge is 2.30. The smallest absolute Gasteiger partial charge is 0.320 e. The minimum Gasteiger partial charge on any atom is -0.481 e. The first-order valence-corrected chi connectivity index (χ1v) is 8.64. The van der Waals surface area contributed by atoms with E-state index in [0.29, 0.717) is 0 Å². The fourth-order valence-electron chi connectivity index (χ4n) is 3.42. The van der Waals surface area contributed by atoms with E-state index in [-0.39, 0.29) is 42.7 Å². The minimum absolute atomic E-state index is 0.0701. The summed E-state index contributed by atoms with van der Waals surface area (Å²) in [6.07, 6.45) is 2.85. The zero-order valence-corrected chi connectivity index (χ0v) is 15.0. The number of carbonyl (C=O) groups is 1. The molecule has 1 aromatic heterocycles. The molecular weight excluding hydrogens is 334 g/mol. The highest BCUT2D eigenvalue weighted by atomic mass is 16.5. The molecule has 1 N–H and O–H groups in total. The van der Waals surface area contributed by atoms with E-state index < -0.39 is 0 Å². The standard InChI is InChI=1S/C19H23N3O4/c1-25-17-12-15(20-19(21-17)26-2)18(24)22(10-11-23)16-9-5-7-13-6-3-4-8-14(13)16/h3-4,6,8,12,16,23H,5,7,9-11H2,1-2H3/t16-/m0/s1. The van der Waals surface area contributed by atoms with Gasteiger partial charge in [0.05, 0.1) is 26.9 Å². The number of aliphatic hydroxyl groups excluding tert-OH is 1. The number of methoxy groups -OCH3 is 2. The van der Waals surface area contributed by atoms with Crippen LogP contribution in [-0.4, -0.2) is 53.3 Å². The van der Waals surface area contributed by atoms with Crippen molar-refractivity contribution in [2.24, 2.45) is 0 Å². The number of aryl methyl sites for hydroxylation is 1. The Morgan fingerprint density at radius 3 is 2.81 bits per heavy atom. The van der Waals surface area contributed by atoms with E-state index in [1.807, 2.05) is 12.1 Å². The van der Waals surface area contributed by atoms with Crippen LogP contribution in [0.25, 0.3) is 0 Å². The maximum Gasteiger partial charge on any atom is 0.320 e. The van der Waals surface area contributed by atoms with Crippen LogP contribution < -0.4 is 9.47 Å². The molecule has 7 nitrogen and oxygen atoms in total. The van der Waals surface area contributed by atoms with Gasteiger partial charge in [-0.25, -0.2) is 0 Å². The molecule has 138 valence electrons. The van der Waals surface area contributed by atoms with Crippen molar-refractivity contribution >= 4 is 5.91 Å². The van der Waals surface area contributed by atoms with Crippen molar-refractivity contribution in [1.29, 1.82) is 0 Å². The Labute approximate surface area is 152 Å². The predicted octanol–water partition coefficient (Wildman–Crippen LogP) is 2.01. The van der Waals surface area contributed by atoms with Gasteiger partial charge in [-0.2, -0.15) is 9.97 Å². The summed E-state index contributed by atoms with van der Waals surface area (Å²) in [4.78, 5) is 23.1. The van der Waals surface area contributed by atoms with Crippen molar-refractivity contribution in [3.8, 4) is 11.9 Å². The zero-order valence-electron chi connectivity index (χ0n) is 15.0. The summed E-state index contributed by atoms with van der Waals surface area (Å²) in [6, 6.07) is 9.61. The normalized spacial score (nSPS) is 15.9. The van der Waals surface area contributed by atoms with Crippen LogP contribution in [0.3, 0.4) is 0 Å². The van der Waals surface area contributed by atoms with Crippen LogP contribution in [-0.2, 0) is 6.42 Å². The molecule has 0 radical (unpaired) electrons. The topological polar surface area (TPSA) is 84.8 Å². The quantitative estimate of drug-likeness (QED) is 0.851. The molecule has 0 aliphatic heterocycles. The number of hydrogen-bond acceptors (Lipinski definition) is 6. The Balaban J connectivity index is 1.97. The fourth-order valence-corrected chi connectivity index (χ4v) is 3.42. The summed E-state index contributed by atoms with van der Waals surface area (Å²) in [5.41, 5.74) is 2.57. The van der Waals surface area contributed by atoms with E-state index in [1.165, 1.54) is 25.8 Å². The lowest BCUT2D eigenvalue weighted by atomic mass is 9.86. The van der Waals surface area contributed by atoms with Crippen LogP contribution in [0.4, 0.5) is 0 Å². The van der Waals surface area contributed by atoms with Crippen molar-refractivity contribution in [2.75, 3.05) is 27.4 Å². The van der Waals surface area contributed by atoms with Crippen LogP contribution in [0, 0.1) is 0 Å². The number of fused-ring (bicyclic) bond motifs is 1. The Morgan fingerprint density at radius 1 is 1.27 bits per heavy atom. The Bertz CT molecular complexity index is 759. The van der Waals surface area contributed by atoms with E-state index in [0.717, 1.165) is 24.8 Å². The molecule has 3 rings (SSSR count). The number of aromatic nitrogens is 2. The number of hydrogen-bond donors (Lipinski definition) is 1. The van der Waals surface area contributed by atoms with Gasteiger partial charge < -0.3 is 19.5 Å². The highest BCUT2D eigenvalue weighted by Crippen LogP contribution is 2.35. The first kappa shape index (κ1) is 18.1. The second kappa shape index (κ2) is 8.14. The van der Waals surface area contributed by atoms with Crippen molar-refractivity contribution in [2.45, 2.75) is 25.3 Å². The lowest BCUT2D eigenvalue weighted by Gasteiger charge is -2.35. The molecule has 1 heterocycles. The Morgan fingerprint density at radius 2 is 2.08 bits per heavy atom. The van der Waals surface area contributed by atoms with Crippen LogP contribution >= 0.6 is 0 Å². The third kappa shape index (κ3) is 3.62. The summed E-state index contributed by atoms with van der Waals surface area (Å²) in [7, 11) is 2.91. The van der Waals surface area contributed by atoms with Crippen LogP contribution in [0.5, 0.6) is 11.9 Å². The second-order valence-corrected chi connectivity index (χ2v) is 6.11. The van der Waals surface area contributed by atoms with Gasteiger partial charge in [-0.3, -0.25) is 4.79 Å². The number of amides is 1. The first-order chi connectivity index (χ1) is 12.7. The average molecular weight is 357 g/mol. The van der Waals surface area contributed by atoms with E-state index in [4.69, 9.17) is 9.47 Å². The number of nitrogens with zero attached hydrogens (tertiary/aromatic N) is 3. The second-order valence-electron chi connectivity index (χ2n) is 6.11. The molecule has 7 heteroatoms. The SMILES string of the molecule is COc1cc(C(=O)N(CCO)[C@H]2CCCc3ccccc32)nc(OC)n1. The van der Waals surface area contributed by atoms with E-state index in [1.54, 1.807) is 4.90 Å². The van der Waals surface area contributed by atoms with Crippen LogP contribution in [0.2, 0.25) is 0 Å². The summed E-state index contributed by atoms with van der Waals surface area (Å²) in [6.45, 7) is 0.107. The van der Waals surface area contributed by atoms with E-state index in [2.05, 4.69) is 22.1 Å². The lowest BCUT2D eigenvalue weighted by molar-refractivity contribution is 0.0602. The lowest BCUT2D eigenvalue weighted by Crippen LogP contribution is -2.39. The number of rotatable bonds is 6. The number of aliphatic hydroxyl groups is 1. The van der Waals surface area contributed by atoms with Gasteiger partial charge in [0.15, 0.2) is 0 Å². The molecule has 1 aromatic carbocycles. The Hall–Kier alpha value is -2.67. The Kier molecular flexibility index (Phi) is 5.68. The maximum absolute atomic E-state index is 13.2. The molecular formula is C19H23N3O4. The van der Waals surface area contributed by atoms with Gasteiger partial charge in [-0.15, -0.1) is 0 Å². The van der Waals surface area contributed by atoms with E-state index in [9.17, 15) is 9.90 Å². The molecule has 26 heavy (non-hydrogen) atoms. The van der Waals surface area contributed by atoms with Crippen molar-refractivity contribution in [1.82, 2.24) is 14.9 Å². The minimum atomic E-state index is -0.278. The summed E-state index contributed by atoms with van der Waals surface area (Å²) < 4.78 is 10.2. The molecule has 0 saturated heterocycles. The number of ether oxygens (including phenoxy) is 2. The molecule has 0 bridgehead atoms. The van der Waals surface area contributed by atoms with Gasteiger partial charge in [-0.05, 0) is 30.4 Å². The molecule has 0 fully saturated rings. The third-order valence-corrected chi connectivity index (χ3v) is 4.61. The molecule has 0 spiro atoms. The molecule has 0 unspecified atom stereocenters. The van der Waals surface area contributed by atoms with Crippen molar-refractivity contribution in [3.05, 3.63) is 47.2 Å². The van der Waals surface area contributed by atoms with Gasteiger partial charge in [0.2, 0.25) is 5.88 Å². The average Bonchev–Trinajstić information content (AvgIpc) is 2.70. The largest absolute Gasteiger partial charge is 0.481 e. The van der Waals surface area contributed by atoms with Crippen molar-refractivity contribution < 1.29 is 19.4 Å². The van der Waals surface area contributed by atoms with Crippen LogP contribution in [0.15, 0.2) is 30.3 Å². The third-order valence-electron chi connectivity index (χ3n) is 4.61. The molecule has 1 aliphatic carbocycles. The van der Waals surface area contributed by atoms with Gasteiger partial charge in [0.1, 0.15) is 5.69 Å². The van der Waals surface area contributed by atoms with Gasteiger partial charge in [0.25, 0.3) is 5.91 Å². The van der Waals surface area contributed by atoms with Gasteiger partial charge >= 0.3 is 6.01 Å². The number of carbonyl (C=O) groups excluding carboxylic acids is 1. The van der Waals surface area contributed by atoms with Gasteiger partial charge in [-0.1, -0.05) is 24.3 Å². The number of benzene rings is 1. The molecule has 1 aliphatic rings. The fraction of sp³-hybridized carbons (Fsp3) is 0.421. The maximum atomic E-state index is 13.2. The molecule has 0 saturated carbocycles. The molecule has 2 aromatic rings. The first-order valence-electron chi connectivity index (χ1n) is 8.64. The summed E-state index contributed by atoms with van der Waals surface area (Å²) in [5, 5.41) is 9.54. The van der Waals surface area contributed by atoms with E-state index >= 15 is 0 Å². The monoisotopic (exact) mass is 357 g/mol. The van der Waals surface area contributed by atoms with Crippen LogP contribution in [0.1, 0.15) is 40.5 Å². The highest BCUT2D eigenvalue weighted by molar-refractivity contribution is 5.93. The predicted molar refractivity (Wildman–Crippen MR) is 95.4 cm³/mol.